The number of alkyl halides is 4. The number of carboxylic acid groups (broad SMARTS) is 1. The largest absolute Gasteiger partial charge is 0.480 e. The number of hydrogen-bond acceptors (Lipinski definition) is 1. The first-order valence-corrected chi connectivity index (χ1v) is 4.78. The van der Waals surface area contributed by atoms with E-state index >= 15 is 0 Å². The number of carboxylic acids is 1. The van der Waals surface area contributed by atoms with E-state index in [-0.39, 0.29) is 5.56 Å². The van der Waals surface area contributed by atoms with Crippen molar-refractivity contribution in [3.8, 4) is 0 Å². The molecule has 1 atom stereocenters. The summed E-state index contributed by atoms with van der Waals surface area (Å²) in [6.07, 6.45) is -4.54. The predicted molar refractivity (Wildman–Crippen MR) is 50.7 cm³/mol. The molecule has 0 fully saturated rings. The number of carbonyl (C=O) groups is 1. The van der Waals surface area contributed by atoms with Gasteiger partial charge in [-0.3, -0.25) is 4.79 Å². The molecule has 15 heavy (non-hydrogen) atoms. The Morgan fingerprint density at radius 1 is 1.33 bits per heavy atom. The molecule has 1 rings (SSSR count). The molecule has 0 aliphatic carbocycles. The van der Waals surface area contributed by atoms with Crippen molar-refractivity contribution in [1.29, 1.82) is 0 Å². The van der Waals surface area contributed by atoms with Crippen molar-refractivity contribution < 1.29 is 23.1 Å². The summed E-state index contributed by atoms with van der Waals surface area (Å²) in [6.45, 7) is 0. The monoisotopic (exact) mass is 282 g/mol. The fourth-order valence-electron chi connectivity index (χ4n) is 1.11. The molecule has 0 spiro atoms. The van der Waals surface area contributed by atoms with Gasteiger partial charge in [-0.05, 0) is 11.6 Å². The lowest BCUT2D eigenvalue weighted by molar-refractivity contribution is -0.139. The average molecular weight is 283 g/mol. The zero-order valence-electron chi connectivity index (χ0n) is 7.25. The van der Waals surface area contributed by atoms with Crippen molar-refractivity contribution in [2.45, 2.75) is 11.0 Å². The maximum Gasteiger partial charge on any atom is 0.416 e. The molecule has 2 nitrogen and oxygen atoms in total. The topological polar surface area (TPSA) is 37.3 Å². The third-order valence-corrected chi connectivity index (χ3v) is 2.64. The minimum atomic E-state index is -4.54. The van der Waals surface area contributed by atoms with Crippen LogP contribution < -0.4 is 0 Å². The molecule has 1 unspecified atom stereocenters. The quantitative estimate of drug-likeness (QED) is 0.846. The average Bonchev–Trinajstić information content (AvgIpc) is 2.15. The first kappa shape index (κ1) is 12.0. The zero-order chi connectivity index (χ0) is 11.6. The van der Waals surface area contributed by atoms with Crippen molar-refractivity contribution in [1.82, 2.24) is 0 Å². The summed E-state index contributed by atoms with van der Waals surface area (Å²) in [5.41, 5.74) is -1.23. The van der Waals surface area contributed by atoms with Gasteiger partial charge in [0.15, 0.2) is 0 Å². The van der Waals surface area contributed by atoms with Crippen LogP contribution >= 0.6 is 15.9 Å². The number of benzene rings is 1. The van der Waals surface area contributed by atoms with Gasteiger partial charge in [0.25, 0.3) is 0 Å². The fourth-order valence-corrected chi connectivity index (χ4v) is 1.51. The standard InChI is InChI=1S/C9H6BrF3O2/c10-7(8(14)15)5-3-1-2-4-6(5)9(11,12)13/h1-4,7H,(H,14,15). The summed E-state index contributed by atoms with van der Waals surface area (Å²) in [5, 5.41) is 8.61. The van der Waals surface area contributed by atoms with Crippen molar-refractivity contribution >= 4 is 21.9 Å². The van der Waals surface area contributed by atoms with Gasteiger partial charge in [0.1, 0.15) is 4.83 Å². The summed E-state index contributed by atoms with van der Waals surface area (Å²) < 4.78 is 37.4. The highest BCUT2D eigenvalue weighted by Crippen LogP contribution is 2.37. The summed E-state index contributed by atoms with van der Waals surface area (Å²) in [5.74, 6) is -1.35. The molecule has 1 N–H and O–H groups in total. The smallest absolute Gasteiger partial charge is 0.416 e. The van der Waals surface area contributed by atoms with Crippen LogP contribution in [0.3, 0.4) is 0 Å². The maximum atomic E-state index is 12.5. The fraction of sp³-hybridized carbons (Fsp3) is 0.222. The molecule has 0 radical (unpaired) electrons. The second-order valence-corrected chi connectivity index (χ2v) is 3.70. The van der Waals surface area contributed by atoms with E-state index in [1.165, 1.54) is 12.1 Å². The van der Waals surface area contributed by atoms with E-state index in [0.29, 0.717) is 0 Å². The summed E-state index contributed by atoms with van der Waals surface area (Å²) in [6, 6.07) is 4.57. The van der Waals surface area contributed by atoms with E-state index in [1.54, 1.807) is 0 Å². The molecule has 0 aromatic heterocycles. The molecule has 1 aromatic rings. The molecule has 0 saturated carbocycles. The van der Waals surface area contributed by atoms with E-state index in [1.807, 2.05) is 0 Å². The van der Waals surface area contributed by atoms with E-state index < -0.39 is 22.5 Å². The molecule has 0 amide bonds. The van der Waals surface area contributed by atoms with Gasteiger partial charge in [-0.25, -0.2) is 0 Å². The van der Waals surface area contributed by atoms with Crippen LogP contribution in [0.5, 0.6) is 0 Å². The molecule has 0 aliphatic heterocycles. The molecule has 6 heteroatoms. The van der Waals surface area contributed by atoms with Crippen LogP contribution in [0.2, 0.25) is 0 Å². The Morgan fingerprint density at radius 2 is 1.87 bits per heavy atom. The van der Waals surface area contributed by atoms with Gasteiger partial charge in [-0.15, -0.1) is 0 Å². The van der Waals surface area contributed by atoms with Gasteiger partial charge in [-0.1, -0.05) is 34.1 Å². The molecular formula is C9H6BrF3O2. The van der Waals surface area contributed by atoms with E-state index in [0.717, 1.165) is 12.1 Å². The summed E-state index contributed by atoms with van der Waals surface area (Å²) >= 11 is 2.69. The minimum absolute atomic E-state index is 0.294. The molecule has 1 aromatic carbocycles. The number of aliphatic carboxylic acids is 1. The molecule has 0 saturated heterocycles. The minimum Gasteiger partial charge on any atom is -0.480 e. The molecule has 0 bridgehead atoms. The van der Waals surface area contributed by atoms with Gasteiger partial charge in [0.05, 0.1) is 5.56 Å². The van der Waals surface area contributed by atoms with Crippen LogP contribution in [-0.4, -0.2) is 11.1 Å². The summed E-state index contributed by atoms with van der Waals surface area (Å²) in [7, 11) is 0. The molecule has 82 valence electrons. The first-order chi connectivity index (χ1) is 6.84. The molecular weight excluding hydrogens is 277 g/mol. The van der Waals surface area contributed by atoms with Gasteiger partial charge in [0.2, 0.25) is 0 Å². The zero-order valence-corrected chi connectivity index (χ0v) is 8.84. The van der Waals surface area contributed by atoms with Crippen molar-refractivity contribution in [2.24, 2.45) is 0 Å². The Hall–Kier alpha value is -1.04. The first-order valence-electron chi connectivity index (χ1n) is 3.87. The Morgan fingerprint density at radius 3 is 2.33 bits per heavy atom. The van der Waals surface area contributed by atoms with Gasteiger partial charge < -0.3 is 5.11 Å². The Balaban J connectivity index is 3.24. The van der Waals surface area contributed by atoms with Crippen molar-refractivity contribution in [3.05, 3.63) is 35.4 Å². The second-order valence-electron chi connectivity index (χ2n) is 2.79. The lowest BCUT2D eigenvalue weighted by Crippen LogP contribution is -2.13. The third-order valence-electron chi connectivity index (χ3n) is 1.76. The Labute approximate surface area is 91.8 Å². The van der Waals surface area contributed by atoms with Crippen LogP contribution in [0.4, 0.5) is 13.2 Å². The molecule has 0 heterocycles. The maximum absolute atomic E-state index is 12.5. The second kappa shape index (κ2) is 4.22. The highest BCUT2D eigenvalue weighted by molar-refractivity contribution is 9.09. The van der Waals surface area contributed by atoms with E-state index in [4.69, 9.17) is 5.11 Å². The van der Waals surface area contributed by atoms with Crippen LogP contribution in [0.25, 0.3) is 0 Å². The van der Waals surface area contributed by atoms with E-state index in [2.05, 4.69) is 15.9 Å². The normalized spacial score (nSPS) is 13.6. The van der Waals surface area contributed by atoms with Gasteiger partial charge in [0, 0.05) is 0 Å². The van der Waals surface area contributed by atoms with Crippen LogP contribution in [0, 0.1) is 0 Å². The SMILES string of the molecule is O=C(O)C(Br)c1ccccc1C(F)(F)F. The number of rotatable bonds is 2. The van der Waals surface area contributed by atoms with E-state index in [9.17, 15) is 18.0 Å². The summed E-state index contributed by atoms with van der Waals surface area (Å²) in [4.78, 5) is 9.21. The van der Waals surface area contributed by atoms with Crippen molar-refractivity contribution in [2.75, 3.05) is 0 Å². The van der Waals surface area contributed by atoms with Crippen molar-refractivity contribution in [3.63, 3.8) is 0 Å². The Bertz CT molecular complexity index is 376. The van der Waals surface area contributed by atoms with Crippen LogP contribution in [-0.2, 0) is 11.0 Å². The highest BCUT2D eigenvalue weighted by atomic mass is 79.9. The molecule has 0 aliphatic rings. The van der Waals surface area contributed by atoms with Gasteiger partial charge >= 0.3 is 12.1 Å². The predicted octanol–water partition coefficient (Wildman–Crippen LogP) is 3.23. The number of hydrogen-bond donors (Lipinski definition) is 1. The third kappa shape index (κ3) is 2.71. The van der Waals surface area contributed by atoms with Gasteiger partial charge in [-0.2, -0.15) is 13.2 Å². The number of halogens is 4. The lowest BCUT2D eigenvalue weighted by Gasteiger charge is -2.14. The highest BCUT2D eigenvalue weighted by Gasteiger charge is 2.35. The lowest BCUT2D eigenvalue weighted by atomic mass is 10.0. The van der Waals surface area contributed by atoms with Crippen LogP contribution in [0.15, 0.2) is 24.3 Å². The van der Waals surface area contributed by atoms with Crippen LogP contribution in [0.1, 0.15) is 16.0 Å². The Kier molecular flexibility index (Phi) is 3.38.